The molecule has 3 N–H and O–H groups in total. The van der Waals surface area contributed by atoms with Crippen molar-refractivity contribution in [2.75, 3.05) is 18.8 Å². The molecule has 0 radical (unpaired) electrons. The highest BCUT2D eigenvalue weighted by atomic mass is 16.4. The number of amides is 1. The molecule has 1 unspecified atom stereocenters. The smallest absolute Gasteiger partial charge is 0.323 e. The van der Waals surface area contributed by atoms with Gasteiger partial charge in [0, 0.05) is 12.1 Å². The molecule has 0 aliphatic carbocycles. The third kappa shape index (κ3) is 4.65. The Bertz CT molecular complexity index is 517. The first-order chi connectivity index (χ1) is 9.43. The molecule has 0 aliphatic heterocycles. The Morgan fingerprint density at radius 2 is 2.00 bits per heavy atom. The highest BCUT2D eigenvalue weighted by Crippen LogP contribution is 2.21. The maximum atomic E-state index is 12.1. The molecule has 106 valence electrons. The summed E-state index contributed by atoms with van der Waals surface area (Å²) >= 11 is 0. The Hall–Kier alpha value is -2.48. The Labute approximate surface area is 118 Å². The van der Waals surface area contributed by atoms with Crippen LogP contribution in [0.4, 0.5) is 5.69 Å². The van der Waals surface area contributed by atoms with E-state index in [-0.39, 0.29) is 31.3 Å². The number of nitrogen functional groups attached to an aromatic ring is 1. The first kappa shape index (κ1) is 15.6. The van der Waals surface area contributed by atoms with Crippen LogP contribution in [0.5, 0.6) is 0 Å². The average molecular weight is 274 g/mol. The maximum Gasteiger partial charge on any atom is 0.323 e. The second kappa shape index (κ2) is 7.19. The predicted molar refractivity (Wildman–Crippen MR) is 76.9 cm³/mol. The van der Waals surface area contributed by atoms with Gasteiger partial charge >= 0.3 is 5.97 Å². The van der Waals surface area contributed by atoms with E-state index in [4.69, 9.17) is 17.3 Å². The summed E-state index contributed by atoms with van der Waals surface area (Å²) in [5, 5.41) is 8.76. The molecule has 0 spiro atoms. The number of hydrogen-bond donors (Lipinski definition) is 2. The lowest BCUT2D eigenvalue weighted by atomic mass is 9.97. The zero-order valence-corrected chi connectivity index (χ0v) is 11.4. The van der Waals surface area contributed by atoms with Crippen molar-refractivity contribution in [3.8, 4) is 12.3 Å². The van der Waals surface area contributed by atoms with Crippen molar-refractivity contribution in [1.82, 2.24) is 4.90 Å². The van der Waals surface area contributed by atoms with Crippen LogP contribution in [0.25, 0.3) is 0 Å². The second-order valence-electron chi connectivity index (χ2n) is 4.62. The lowest BCUT2D eigenvalue weighted by Gasteiger charge is -2.20. The molecule has 0 heterocycles. The van der Waals surface area contributed by atoms with Crippen molar-refractivity contribution in [1.29, 1.82) is 0 Å². The van der Waals surface area contributed by atoms with Crippen LogP contribution in [0.15, 0.2) is 24.3 Å². The molecule has 0 bridgehead atoms. The van der Waals surface area contributed by atoms with E-state index in [1.54, 1.807) is 12.1 Å². The highest BCUT2D eigenvalue weighted by Gasteiger charge is 2.19. The molecule has 1 aromatic carbocycles. The van der Waals surface area contributed by atoms with Gasteiger partial charge in [-0.2, -0.15) is 0 Å². The fraction of sp³-hybridized carbons (Fsp3) is 0.333. The van der Waals surface area contributed by atoms with Gasteiger partial charge in [0.15, 0.2) is 0 Å². The summed E-state index contributed by atoms with van der Waals surface area (Å²) in [5.74, 6) is 0.925. The van der Waals surface area contributed by atoms with Crippen molar-refractivity contribution in [2.45, 2.75) is 19.3 Å². The van der Waals surface area contributed by atoms with Crippen LogP contribution in [-0.4, -0.2) is 35.0 Å². The molecule has 0 fully saturated rings. The van der Waals surface area contributed by atoms with Crippen molar-refractivity contribution in [2.24, 2.45) is 0 Å². The number of carboxylic acid groups (broad SMARTS) is 1. The summed E-state index contributed by atoms with van der Waals surface area (Å²) in [6.45, 7) is 1.52. The molecule has 0 saturated carbocycles. The molecule has 5 heteroatoms. The number of nitrogens with zero attached hydrogens (tertiary/aromatic N) is 1. The van der Waals surface area contributed by atoms with Crippen LogP contribution in [0, 0.1) is 12.3 Å². The van der Waals surface area contributed by atoms with E-state index >= 15 is 0 Å². The molecular formula is C15H18N2O3. The lowest BCUT2D eigenvalue weighted by Crippen LogP contribution is -2.36. The molecule has 1 aromatic rings. The van der Waals surface area contributed by atoms with Gasteiger partial charge in [-0.25, -0.2) is 0 Å². The molecule has 0 aliphatic rings. The topological polar surface area (TPSA) is 83.6 Å². The van der Waals surface area contributed by atoms with Gasteiger partial charge < -0.3 is 15.7 Å². The van der Waals surface area contributed by atoms with Gasteiger partial charge in [-0.1, -0.05) is 25.0 Å². The number of benzene rings is 1. The molecule has 20 heavy (non-hydrogen) atoms. The summed E-state index contributed by atoms with van der Waals surface area (Å²) in [5.41, 5.74) is 7.24. The van der Waals surface area contributed by atoms with Gasteiger partial charge in [0.25, 0.3) is 0 Å². The molecule has 0 saturated heterocycles. The van der Waals surface area contributed by atoms with E-state index in [0.717, 1.165) is 10.5 Å². The summed E-state index contributed by atoms with van der Waals surface area (Å²) in [7, 11) is 0. The first-order valence-electron chi connectivity index (χ1n) is 6.22. The van der Waals surface area contributed by atoms with E-state index in [1.165, 1.54) is 0 Å². The number of rotatable bonds is 6. The molecule has 1 atom stereocenters. The molecular weight excluding hydrogens is 256 g/mol. The predicted octanol–water partition coefficient (Wildman–Crippen LogP) is 1.31. The summed E-state index contributed by atoms with van der Waals surface area (Å²) in [6, 6.07) is 7.26. The van der Waals surface area contributed by atoms with Crippen LogP contribution in [0.3, 0.4) is 0 Å². The minimum Gasteiger partial charge on any atom is -0.480 e. The third-order valence-electron chi connectivity index (χ3n) is 2.95. The van der Waals surface area contributed by atoms with Gasteiger partial charge in [0.1, 0.15) is 6.54 Å². The number of aliphatic carboxylic acids is 1. The monoisotopic (exact) mass is 274 g/mol. The van der Waals surface area contributed by atoms with E-state index in [9.17, 15) is 9.59 Å². The maximum absolute atomic E-state index is 12.1. The van der Waals surface area contributed by atoms with Crippen LogP contribution < -0.4 is 5.73 Å². The second-order valence-corrected chi connectivity index (χ2v) is 4.62. The van der Waals surface area contributed by atoms with E-state index in [1.807, 2.05) is 19.1 Å². The zero-order valence-electron chi connectivity index (χ0n) is 11.4. The SMILES string of the molecule is C#CCN(CC(=O)O)C(=O)CC(C)c1ccc(N)cc1. The molecule has 0 aromatic heterocycles. The van der Waals surface area contributed by atoms with Crippen molar-refractivity contribution >= 4 is 17.6 Å². The standard InChI is InChI=1S/C15H18N2O3/c1-3-8-17(10-15(19)20)14(18)9-11(2)12-4-6-13(16)7-5-12/h1,4-7,11H,8-10,16H2,2H3,(H,19,20). The van der Waals surface area contributed by atoms with Gasteiger partial charge in [-0.3, -0.25) is 9.59 Å². The van der Waals surface area contributed by atoms with Crippen LogP contribution in [0.2, 0.25) is 0 Å². The van der Waals surface area contributed by atoms with Crippen LogP contribution in [0.1, 0.15) is 24.8 Å². The Balaban J connectivity index is 2.69. The first-order valence-corrected chi connectivity index (χ1v) is 6.22. The fourth-order valence-corrected chi connectivity index (χ4v) is 1.84. The van der Waals surface area contributed by atoms with Crippen LogP contribution >= 0.6 is 0 Å². The van der Waals surface area contributed by atoms with Gasteiger partial charge in [0.05, 0.1) is 6.54 Å². The van der Waals surface area contributed by atoms with Gasteiger partial charge in [-0.05, 0) is 23.6 Å². The minimum absolute atomic E-state index is 0.000406. The summed E-state index contributed by atoms with van der Waals surface area (Å²) < 4.78 is 0. The molecule has 5 nitrogen and oxygen atoms in total. The number of carbonyl (C=O) groups excluding carboxylic acids is 1. The largest absolute Gasteiger partial charge is 0.480 e. The normalized spacial score (nSPS) is 11.4. The molecule has 1 rings (SSSR count). The average Bonchev–Trinajstić information content (AvgIpc) is 2.38. The quantitative estimate of drug-likeness (QED) is 0.605. The third-order valence-corrected chi connectivity index (χ3v) is 2.95. The minimum atomic E-state index is -1.08. The zero-order chi connectivity index (χ0) is 15.1. The van der Waals surface area contributed by atoms with Crippen molar-refractivity contribution in [3.63, 3.8) is 0 Å². The molecule has 1 amide bonds. The number of terminal acetylenes is 1. The number of carbonyl (C=O) groups is 2. The number of nitrogens with two attached hydrogens (primary N) is 1. The van der Waals surface area contributed by atoms with Gasteiger partial charge in [-0.15, -0.1) is 6.42 Å². The van der Waals surface area contributed by atoms with Crippen molar-refractivity contribution in [3.05, 3.63) is 29.8 Å². The lowest BCUT2D eigenvalue weighted by molar-refractivity contribution is -0.144. The summed E-state index contributed by atoms with van der Waals surface area (Å²) in [6.07, 6.45) is 5.36. The van der Waals surface area contributed by atoms with Crippen LogP contribution in [-0.2, 0) is 9.59 Å². The fourth-order valence-electron chi connectivity index (χ4n) is 1.84. The Morgan fingerprint density at radius 3 is 2.50 bits per heavy atom. The van der Waals surface area contributed by atoms with Gasteiger partial charge in [0.2, 0.25) is 5.91 Å². The van der Waals surface area contributed by atoms with E-state index < -0.39 is 5.97 Å². The Morgan fingerprint density at radius 1 is 1.40 bits per heavy atom. The van der Waals surface area contributed by atoms with E-state index in [0.29, 0.717) is 5.69 Å². The Kier molecular flexibility index (Phi) is 5.60. The van der Waals surface area contributed by atoms with Crippen molar-refractivity contribution < 1.29 is 14.7 Å². The summed E-state index contributed by atoms with van der Waals surface area (Å²) in [4.78, 5) is 23.9. The number of hydrogen-bond acceptors (Lipinski definition) is 3. The number of anilines is 1. The van der Waals surface area contributed by atoms with E-state index in [2.05, 4.69) is 5.92 Å². The number of carboxylic acids is 1. The highest BCUT2D eigenvalue weighted by molar-refractivity contribution is 5.82.